The molecule has 2 aromatic rings. The number of nitrogens with zero attached hydrogens (tertiary/aromatic N) is 1. The van der Waals surface area contributed by atoms with Crippen molar-refractivity contribution in [1.82, 2.24) is 4.90 Å². The Labute approximate surface area is 167 Å². The van der Waals surface area contributed by atoms with Crippen LogP contribution in [0.5, 0.6) is 5.75 Å². The molecule has 1 atom stereocenters. The predicted molar refractivity (Wildman–Crippen MR) is 104 cm³/mol. The van der Waals surface area contributed by atoms with Gasteiger partial charge in [0.2, 0.25) is 0 Å². The first-order valence-electron chi connectivity index (χ1n) is 9.09. The number of ether oxygens (including phenoxy) is 2. The summed E-state index contributed by atoms with van der Waals surface area (Å²) in [4.78, 5) is 50.0. The number of anilines is 1. The number of hydrogen-bond donors (Lipinski definition) is 1. The maximum Gasteiger partial charge on any atom is 0.326 e. The van der Waals surface area contributed by atoms with Crippen molar-refractivity contribution in [3.05, 3.63) is 59.7 Å². The average molecular weight is 396 g/mol. The zero-order chi connectivity index (χ0) is 21.0. The van der Waals surface area contributed by atoms with Crippen molar-refractivity contribution in [2.24, 2.45) is 0 Å². The summed E-state index contributed by atoms with van der Waals surface area (Å²) in [5, 5.41) is 2.64. The van der Waals surface area contributed by atoms with Crippen LogP contribution in [-0.2, 0) is 14.3 Å². The van der Waals surface area contributed by atoms with Gasteiger partial charge in [0.1, 0.15) is 12.3 Å². The van der Waals surface area contributed by atoms with E-state index in [2.05, 4.69) is 5.32 Å². The first-order chi connectivity index (χ1) is 13.9. The van der Waals surface area contributed by atoms with Gasteiger partial charge in [-0.25, -0.2) is 0 Å². The fraction of sp³-hybridized carbons (Fsp3) is 0.238. The van der Waals surface area contributed by atoms with Crippen LogP contribution in [0.1, 0.15) is 34.6 Å². The van der Waals surface area contributed by atoms with Crippen molar-refractivity contribution in [3.63, 3.8) is 0 Å². The molecule has 0 spiro atoms. The largest absolute Gasteiger partial charge is 0.492 e. The molecule has 0 saturated carbocycles. The highest BCUT2D eigenvalue weighted by atomic mass is 16.5. The van der Waals surface area contributed by atoms with Gasteiger partial charge >= 0.3 is 5.97 Å². The summed E-state index contributed by atoms with van der Waals surface area (Å²) < 4.78 is 10.5. The molecular formula is C21H20N2O6. The Morgan fingerprint density at radius 2 is 1.59 bits per heavy atom. The maximum absolute atomic E-state index is 12.4. The summed E-state index contributed by atoms with van der Waals surface area (Å²) >= 11 is 0. The van der Waals surface area contributed by atoms with E-state index < -0.39 is 36.3 Å². The number of para-hydroxylation sites is 2. The predicted octanol–water partition coefficient (Wildman–Crippen LogP) is 2.25. The van der Waals surface area contributed by atoms with Gasteiger partial charge in [-0.1, -0.05) is 24.3 Å². The molecule has 8 heteroatoms. The molecule has 1 N–H and O–H groups in total. The molecule has 0 fully saturated rings. The van der Waals surface area contributed by atoms with E-state index in [-0.39, 0.29) is 11.1 Å². The SMILES string of the molecule is CCOc1ccccc1NC(=O)[C@H](C)OC(=O)CN1C(=O)c2ccccc2C1=O. The van der Waals surface area contributed by atoms with E-state index in [9.17, 15) is 19.2 Å². The van der Waals surface area contributed by atoms with Gasteiger partial charge in [-0.15, -0.1) is 0 Å². The number of hydrogen-bond acceptors (Lipinski definition) is 6. The second kappa shape index (κ2) is 8.55. The van der Waals surface area contributed by atoms with Crippen LogP contribution in [0.2, 0.25) is 0 Å². The molecule has 0 aromatic heterocycles. The van der Waals surface area contributed by atoms with Crippen molar-refractivity contribution < 1.29 is 28.7 Å². The summed E-state index contributed by atoms with van der Waals surface area (Å²) in [7, 11) is 0. The van der Waals surface area contributed by atoms with Gasteiger partial charge in [0.05, 0.1) is 23.4 Å². The molecule has 29 heavy (non-hydrogen) atoms. The number of carbonyl (C=O) groups is 4. The number of amides is 3. The third-order valence-corrected chi connectivity index (χ3v) is 4.29. The Morgan fingerprint density at radius 3 is 2.21 bits per heavy atom. The van der Waals surface area contributed by atoms with E-state index in [0.717, 1.165) is 4.90 Å². The van der Waals surface area contributed by atoms with E-state index in [1.165, 1.54) is 19.1 Å². The van der Waals surface area contributed by atoms with Gasteiger partial charge in [0.15, 0.2) is 6.10 Å². The minimum Gasteiger partial charge on any atom is -0.492 e. The van der Waals surface area contributed by atoms with Crippen LogP contribution in [0.25, 0.3) is 0 Å². The van der Waals surface area contributed by atoms with E-state index in [0.29, 0.717) is 18.0 Å². The molecule has 8 nitrogen and oxygen atoms in total. The second-order valence-corrected chi connectivity index (χ2v) is 6.29. The zero-order valence-corrected chi connectivity index (χ0v) is 16.0. The van der Waals surface area contributed by atoms with Crippen LogP contribution in [0.4, 0.5) is 5.69 Å². The van der Waals surface area contributed by atoms with Crippen molar-refractivity contribution in [2.75, 3.05) is 18.5 Å². The molecule has 3 rings (SSSR count). The number of fused-ring (bicyclic) bond motifs is 1. The monoisotopic (exact) mass is 396 g/mol. The third-order valence-electron chi connectivity index (χ3n) is 4.29. The number of benzene rings is 2. The molecule has 1 heterocycles. The zero-order valence-electron chi connectivity index (χ0n) is 16.0. The molecular weight excluding hydrogens is 376 g/mol. The molecule has 150 valence electrons. The molecule has 1 aliphatic heterocycles. The summed E-state index contributed by atoms with van der Waals surface area (Å²) in [6.07, 6.45) is -1.13. The van der Waals surface area contributed by atoms with Crippen molar-refractivity contribution in [2.45, 2.75) is 20.0 Å². The summed E-state index contributed by atoms with van der Waals surface area (Å²) in [6, 6.07) is 13.2. The Bertz CT molecular complexity index is 936. The lowest BCUT2D eigenvalue weighted by atomic mass is 10.1. The lowest BCUT2D eigenvalue weighted by Crippen LogP contribution is -2.38. The maximum atomic E-state index is 12.4. The van der Waals surface area contributed by atoms with Crippen LogP contribution in [0, 0.1) is 0 Å². The molecule has 2 aromatic carbocycles. The minimum atomic E-state index is -1.13. The fourth-order valence-corrected chi connectivity index (χ4v) is 2.89. The Hall–Kier alpha value is -3.68. The highest BCUT2D eigenvalue weighted by Crippen LogP contribution is 2.24. The molecule has 0 aliphatic carbocycles. The van der Waals surface area contributed by atoms with Gasteiger partial charge in [0.25, 0.3) is 17.7 Å². The first kappa shape index (κ1) is 20.1. The summed E-state index contributed by atoms with van der Waals surface area (Å²) in [6.45, 7) is 3.08. The van der Waals surface area contributed by atoms with E-state index in [1.54, 1.807) is 36.4 Å². The third kappa shape index (κ3) is 4.26. The smallest absolute Gasteiger partial charge is 0.326 e. The van der Waals surface area contributed by atoms with Crippen molar-refractivity contribution >= 4 is 29.4 Å². The van der Waals surface area contributed by atoms with Crippen LogP contribution in [-0.4, -0.2) is 47.8 Å². The van der Waals surface area contributed by atoms with Gasteiger partial charge in [-0.05, 0) is 38.1 Å². The van der Waals surface area contributed by atoms with Gasteiger partial charge in [-0.2, -0.15) is 0 Å². The summed E-state index contributed by atoms with van der Waals surface area (Å²) in [5.74, 6) is -2.06. The lowest BCUT2D eigenvalue weighted by molar-refractivity contribution is -0.153. The quantitative estimate of drug-likeness (QED) is 0.569. The highest BCUT2D eigenvalue weighted by molar-refractivity contribution is 6.22. The minimum absolute atomic E-state index is 0.239. The number of nitrogens with one attached hydrogen (secondary N) is 1. The van der Waals surface area contributed by atoms with Crippen molar-refractivity contribution in [1.29, 1.82) is 0 Å². The Balaban J connectivity index is 1.59. The van der Waals surface area contributed by atoms with Gasteiger partial charge < -0.3 is 14.8 Å². The second-order valence-electron chi connectivity index (χ2n) is 6.29. The molecule has 0 radical (unpaired) electrons. The fourth-order valence-electron chi connectivity index (χ4n) is 2.89. The first-order valence-corrected chi connectivity index (χ1v) is 9.09. The molecule has 0 bridgehead atoms. The van der Waals surface area contributed by atoms with Crippen LogP contribution in [0.15, 0.2) is 48.5 Å². The van der Waals surface area contributed by atoms with Gasteiger partial charge in [-0.3, -0.25) is 24.1 Å². The van der Waals surface area contributed by atoms with Crippen molar-refractivity contribution in [3.8, 4) is 5.75 Å². The van der Waals surface area contributed by atoms with Crippen LogP contribution < -0.4 is 10.1 Å². The number of rotatable bonds is 7. The average Bonchev–Trinajstić information content (AvgIpc) is 2.94. The summed E-state index contributed by atoms with van der Waals surface area (Å²) in [5.41, 5.74) is 0.926. The molecule has 0 unspecified atom stereocenters. The highest BCUT2D eigenvalue weighted by Gasteiger charge is 2.37. The molecule has 1 aliphatic rings. The number of esters is 1. The Kier molecular flexibility index (Phi) is 5.92. The number of imide groups is 1. The number of carbonyl (C=O) groups excluding carboxylic acids is 4. The normalized spacial score (nSPS) is 13.7. The molecule has 3 amide bonds. The Morgan fingerprint density at radius 1 is 1.00 bits per heavy atom. The lowest BCUT2D eigenvalue weighted by Gasteiger charge is -2.17. The van der Waals surface area contributed by atoms with E-state index in [4.69, 9.17) is 9.47 Å². The van der Waals surface area contributed by atoms with Gasteiger partial charge in [0, 0.05) is 0 Å². The molecule has 0 saturated heterocycles. The topological polar surface area (TPSA) is 102 Å². The van der Waals surface area contributed by atoms with Crippen LogP contribution in [0.3, 0.4) is 0 Å². The van der Waals surface area contributed by atoms with E-state index in [1.807, 2.05) is 6.92 Å². The van der Waals surface area contributed by atoms with Crippen LogP contribution >= 0.6 is 0 Å². The van der Waals surface area contributed by atoms with E-state index >= 15 is 0 Å². The standard InChI is InChI=1S/C21H20N2O6/c1-3-28-17-11-7-6-10-16(17)22-19(25)13(2)29-18(24)12-23-20(26)14-8-4-5-9-15(14)21(23)27/h4-11,13H,3,12H2,1-2H3,(H,22,25)/t13-/m0/s1.